The zero-order valence-electron chi connectivity index (χ0n) is 12.7. The number of hydrogen-bond donors (Lipinski definition) is 2. The minimum Gasteiger partial charge on any atom is -0.330 e. The molecule has 116 valence electrons. The quantitative estimate of drug-likeness (QED) is 0.712. The van der Waals surface area contributed by atoms with Gasteiger partial charge in [-0.1, -0.05) is 29.3 Å². The average Bonchev–Trinajstić information content (AvgIpc) is 2.50. The minimum absolute atomic E-state index is 0.145. The first-order valence-corrected chi connectivity index (χ1v) is 7.50. The summed E-state index contributed by atoms with van der Waals surface area (Å²) in [6.45, 7) is 3.83. The number of nitrogens with one attached hydrogen (secondary N) is 2. The van der Waals surface area contributed by atoms with Gasteiger partial charge in [0.2, 0.25) is 0 Å². The highest BCUT2D eigenvalue weighted by molar-refractivity contribution is 7.71. The highest BCUT2D eigenvalue weighted by atomic mass is 32.1. The Morgan fingerprint density at radius 3 is 2.48 bits per heavy atom. The number of carbonyl (C=O) groups excluding carboxylic acids is 1. The number of aryl methyl sites for hydroxylation is 2. The maximum atomic E-state index is 12.5. The number of hydrogen-bond acceptors (Lipinski definition) is 3. The van der Waals surface area contributed by atoms with Gasteiger partial charge in [-0.2, -0.15) is 4.68 Å². The molecule has 0 aliphatic carbocycles. The van der Waals surface area contributed by atoms with E-state index in [2.05, 4.69) is 10.4 Å². The monoisotopic (exact) mass is 325 g/mol. The first-order chi connectivity index (χ1) is 11.0. The van der Waals surface area contributed by atoms with E-state index in [4.69, 9.17) is 12.2 Å². The van der Waals surface area contributed by atoms with Crippen molar-refractivity contribution in [3.8, 4) is 0 Å². The number of aromatic nitrogens is 2. The van der Waals surface area contributed by atoms with Gasteiger partial charge in [-0.15, -0.1) is 0 Å². The third-order valence-electron chi connectivity index (χ3n) is 3.50. The molecule has 6 heteroatoms. The molecule has 0 radical (unpaired) electrons. The number of carbonyl (C=O) groups is 1. The van der Waals surface area contributed by atoms with E-state index in [9.17, 15) is 9.59 Å². The van der Waals surface area contributed by atoms with Crippen molar-refractivity contribution in [1.82, 2.24) is 9.66 Å². The Balaban J connectivity index is 2.06. The van der Waals surface area contributed by atoms with Crippen LogP contribution >= 0.6 is 12.2 Å². The van der Waals surface area contributed by atoms with Crippen LogP contribution in [0.3, 0.4) is 0 Å². The van der Waals surface area contributed by atoms with Crippen LogP contribution in [0.2, 0.25) is 0 Å². The minimum atomic E-state index is -0.381. The Hall–Kier alpha value is -2.73. The largest absolute Gasteiger partial charge is 0.330 e. The number of amides is 1. The summed E-state index contributed by atoms with van der Waals surface area (Å²) in [7, 11) is 0. The van der Waals surface area contributed by atoms with E-state index in [1.165, 1.54) is 0 Å². The molecule has 0 atom stereocenters. The number of H-pyrrole nitrogens is 1. The Morgan fingerprint density at radius 2 is 1.78 bits per heavy atom. The number of benzene rings is 2. The van der Waals surface area contributed by atoms with E-state index in [0.717, 1.165) is 15.8 Å². The summed E-state index contributed by atoms with van der Waals surface area (Å²) in [5, 5.41) is 0.460. The molecule has 0 aliphatic heterocycles. The van der Waals surface area contributed by atoms with Crippen molar-refractivity contribution in [3.05, 3.63) is 74.3 Å². The molecule has 2 N–H and O–H groups in total. The van der Waals surface area contributed by atoms with Gasteiger partial charge in [-0.25, -0.2) is 0 Å². The van der Waals surface area contributed by atoms with E-state index in [0.29, 0.717) is 16.5 Å². The van der Waals surface area contributed by atoms with Crippen LogP contribution in [0.25, 0.3) is 10.9 Å². The molecular weight excluding hydrogens is 310 g/mol. The molecule has 5 nitrogen and oxygen atoms in total. The molecule has 0 saturated heterocycles. The van der Waals surface area contributed by atoms with Crippen molar-refractivity contribution in [2.75, 3.05) is 5.43 Å². The Labute approximate surface area is 137 Å². The molecule has 0 unspecified atom stereocenters. The molecule has 1 aromatic heterocycles. The maximum Gasteiger partial charge on any atom is 0.281 e. The average molecular weight is 325 g/mol. The summed E-state index contributed by atoms with van der Waals surface area (Å²) in [6, 6.07) is 12.5. The van der Waals surface area contributed by atoms with Gasteiger partial charge in [0.1, 0.15) is 0 Å². The number of para-hydroxylation sites is 1. The van der Waals surface area contributed by atoms with Crippen LogP contribution < -0.4 is 11.0 Å². The van der Waals surface area contributed by atoms with Gasteiger partial charge in [0.05, 0.1) is 10.9 Å². The summed E-state index contributed by atoms with van der Waals surface area (Å²) in [6.07, 6.45) is 0. The van der Waals surface area contributed by atoms with Gasteiger partial charge < -0.3 is 4.98 Å². The lowest BCUT2D eigenvalue weighted by Gasteiger charge is -2.10. The first kappa shape index (κ1) is 15.2. The number of aromatic amines is 1. The fourth-order valence-corrected chi connectivity index (χ4v) is 2.77. The third-order valence-corrected chi connectivity index (χ3v) is 3.79. The van der Waals surface area contributed by atoms with Crippen molar-refractivity contribution in [2.24, 2.45) is 0 Å². The molecular formula is C17H15N3O2S. The van der Waals surface area contributed by atoms with Crippen LogP contribution in [0.15, 0.2) is 47.3 Å². The summed E-state index contributed by atoms with van der Waals surface area (Å²) in [5.41, 5.74) is 5.29. The van der Waals surface area contributed by atoms with Crippen molar-refractivity contribution in [3.63, 3.8) is 0 Å². The highest BCUT2D eigenvalue weighted by Crippen LogP contribution is 2.09. The van der Waals surface area contributed by atoms with Crippen LogP contribution in [0.4, 0.5) is 0 Å². The standard InChI is InChI=1S/C17H15N3O2S/c1-10-7-11(2)9-12(8-10)15(21)19-20-16(22)13-5-3-4-6-14(13)18-17(20)23/h3-9H,1-2H3,(H,18,23)(H,19,21). The lowest BCUT2D eigenvalue weighted by molar-refractivity contribution is 0.101. The Kier molecular flexibility index (Phi) is 3.83. The number of nitrogens with zero attached hydrogens (tertiary/aromatic N) is 1. The van der Waals surface area contributed by atoms with Gasteiger partial charge in [0, 0.05) is 5.56 Å². The van der Waals surface area contributed by atoms with Crippen LogP contribution in [-0.4, -0.2) is 15.6 Å². The third kappa shape index (κ3) is 2.93. The molecule has 3 rings (SSSR count). The molecule has 1 heterocycles. The number of rotatable bonds is 2. The van der Waals surface area contributed by atoms with E-state index in [-0.39, 0.29) is 16.2 Å². The van der Waals surface area contributed by atoms with E-state index in [1.54, 1.807) is 30.3 Å². The van der Waals surface area contributed by atoms with Crippen molar-refractivity contribution in [2.45, 2.75) is 13.8 Å². The predicted octanol–water partition coefficient (Wildman–Crippen LogP) is 3.06. The van der Waals surface area contributed by atoms with Crippen LogP contribution in [0.5, 0.6) is 0 Å². The second-order valence-corrected chi connectivity index (χ2v) is 5.82. The molecule has 23 heavy (non-hydrogen) atoms. The second-order valence-electron chi connectivity index (χ2n) is 5.43. The van der Waals surface area contributed by atoms with E-state index in [1.807, 2.05) is 26.0 Å². The summed E-state index contributed by atoms with van der Waals surface area (Å²) in [4.78, 5) is 27.9. The highest BCUT2D eigenvalue weighted by Gasteiger charge is 2.11. The molecule has 1 amide bonds. The van der Waals surface area contributed by atoms with Crippen molar-refractivity contribution in [1.29, 1.82) is 0 Å². The van der Waals surface area contributed by atoms with E-state index < -0.39 is 0 Å². The fraction of sp³-hybridized carbons (Fsp3) is 0.118. The SMILES string of the molecule is Cc1cc(C)cc(C(=O)Nn2c(=S)[nH]c3ccccc3c2=O)c1. The molecule has 0 saturated carbocycles. The zero-order valence-corrected chi connectivity index (χ0v) is 13.5. The van der Waals surface area contributed by atoms with Gasteiger partial charge >= 0.3 is 0 Å². The van der Waals surface area contributed by atoms with Crippen molar-refractivity contribution >= 4 is 29.0 Å². The molecule has 0 aliphatic rings. The van der Waals surface area contributed by atoms with Gasteiger partial charge in [-0.05, 0) is 50.3 Å². The molecule has 3 aromatic rings. The van der Waals surface area contributed by atoms with Gasteiger partial charge in [-0.3, -0.25) is 15.0 Å². The molecule has 0 bridgehead atoms. The van der Waals surface area contributed by atoms with Crippen LogP contribution in [0.1, 0.15) is 21.5 Å². The Morgan fingerprint density at radius 1 is 1.13 bits per heavy atom. The lowest BCUT2D eigenvalue weighted by Crippen LogP contribution is -2.34. The first-order valence-electron chi connectivity index (χ1n) is 7.09. The fourth-order valence-electron chi connectivity index (χ4n) is 2.54. The summed E-state index contributed by atoms with van der Waals surface area (Å²) in [5.74, 6) is -0.381. The summed E-state index contributed by atoms with van der Waals surface area (Å²) < 4.78 is 1.21. The predicted molar refractivity (Wildman–Crippen MR) is 93.0 cm³/mol. The molecule has 0 spiro atoms. The second kappa shape index (κ2) is 5.81. The molecule has 2 aromatic carbocycles. The topological polar surface area (TPSA) is 66.9 Å². The van der Waals surface area contributed by atoms with Gasteiger partial charge in [0.15, 0.2) is 4.77 Å². The molecule has 0 fully saturated rings. The normalized spacial score (nSPS) is 10.7. The lowest BCUT2D eigenvalue weighted by atomic mass is 10.1. The Bertz CT molecular complexity index is 1010. The summed E-state index contributed by atoms with van der Waals surface area (Å²) >= 11 is 5.18. The van der Waals surface area contributed by atoms with E-state index >= 15 is 0 Å². The maximum absolute atomic E-state index is 12.5. The van der Waals surface area contributed by atoms with Gasteiger partial charge in [0.25, 0.3) is 11.5 Å². The zero-order chi connectivity index (χ0) is 16.6. The van der Waals surface area contributed by atoms with Crippen LogP contribution in [0, 0.1) is 18.6 Å². The number of fused-ring (bicyclic) bond motifs is 1. The van der Waals surface area contributed by atoms with Crippen molar-refractivity contribution < 1.29 is 4.79 Å². The smallest absolute Gasteiger partial charge is 0.281 e. The van der Waals surface area contributed by atoms with Crippen LogP contribution in [-0.2, 0) is 0 Å².